The topological polar surface area (TPSA) is 4.93 Å². The van der Waals surface area contributed by atoms with Crippen LogP contribution in [-0.4, -0.2) is 14.1 Å². The molecule has 44 heavy (non-hydrogen) atoms. The van der Waals surface area contributed by atoms with Crippen molar-refractivity contribution >= 4 is 47.7 Å². The van der Waals surface area contributed by atoms with Gasteiger partial charge >= 0.3 is 0 Å². The van der Waals surface area contributed by atoms with Gasteiger partial charge in [0.15, 0.2) is 0 Å². The maximum absolute atomic E-state index is 2.52. The van der Waals surface area contributed by atoms with Gasteiger partial charge in [0.2, 0.25) is 0 Å². The van der Waals surface area contributed by atoms with Crippen LogP contribution in [0.5, 0.6) is 0 Å². The summed E-state index contributed by atoms with van der Waals surface area (Å²) in [5.41, 5.74) is 14.7. The molecule has 2 heterocycles. The molecule has 1 aliphatic carbocycles. The van der Waals surface area contributed by atoms with Crippen LogP contribution in [0.1, 0.15) is 24.0 Å². The van der Waals surface area contributed by atoms with Crippen LogP contribution >= 0.6 is 0 Å². The normalized spacial score (nSPS) is 14.7. The summed E-state index contributed by atoms with van der Waals surface area (Å²) in [4.78, 5) is 0. The van der Waals surface area contributed by atoms with Gasteiger partial charge in [-0.3, -0.25) is 0 Å². The molecular weight excluding hydrogens is 547 g/mol. The second-order valence-corrected chi connectivity index (χ2v) is 14.0. The van der Waals surface area contributed by atoms with E-state index in [-0.39, 0.29) is 0 Å². The van der Waals surface area contributed by atoms with Crippen LogP contribution in [0.2, 0.25) is 0 Å². The lowest BCUT2D eigenvalue weighted by molar-refractivity contribution is 1.07. The number of fused-ring (bicyclic) bond motifs is 5. The highest BCUT2D eigenvalue weighted by Gasteiger charge is 2.25. The first-order chi connectivity index (χ1) is 21.8. The second kappa shape index (κ2) is 10.2. The molecule has 2 heteroatoms. The first-order valence-corrected chi connectivity index (χ1v) is 17.0. The van der Waals surface area contributed by atoms with Gasteiger partial charge in [0.25, 0.3) is 0 Å². The Balaban J connectivity index is 1.18. The number of benzene rings is 6. The standard InChI is InChI=1S/C42H31NSi/c1-4-10-28(11-5-1)31-17-22-39-37(24-31)38-25-32(29-12-6-2-7-13-29)18-23-40(38)43(39)34-19-21-36-35-20-16-33(30-14-8-3-9-15-30)26-41(35)44-42(36)27-34/h1-15,17-19,21-27H,16,20,44H2. The lowest BCUT2D eigenvalue weighted by Gasteiger charge is -2.17. The van der Waals surface area contributed by atoms with E-state index in [1.165, 1.54) is 66.4 Å². The maximum atomic E-state index is 2.52. The smallest absolute Gasteiger partial charge is 0.0888 e. The van der Waals surface area contributed by atoms with Gasteiger partial charge in [-0.2, -0.15) is 0 Å². The summed E-state index contributed by atoms with van der Waals surface area (Å²) in [6.07, 6.45) is 4.80. The van der Waals surface area contributed by atoms with Crippen LogP contribution in [0, 0.1) is 0 Å². The summed E-state index contributed by atoms with van der Waals surface area (Å²) >= 11 is 0. The Morgan fingerprint density at radius 1 is 0.477 bits per heavy atom. The van der Waals surface area contributed by atoms with Crippen molar-refractivity contribution in [2.24, 2.45) is 0 Å². The van der Waals surface area contributed by atoms with E-state index >= 15 is 0 Å². The van der Waals surface area contributed by atoms with Crippen LogP contribution < -0.4 is 5.19 Å². The summed E-state index contributed by atoms with van der Waals surface area (Å²) in [7, 11) is -0.544. The Morgan fingerprint density at radius 3 is 1.64 bits per heavy atom. The van der Waals surface area contributed by atoms with Gasteiger partial charge in [0.1, 0.15) is 0 Å². The number of hydrogen-bond donors (Lipinski definition) is 0. The van der Waals surface area contributed by atoms with Crippen LogP contribution in [-0.2, 0) is 0 Å². The highest BCUT2D eigenvalue weighted by atomic mass is 28.2. The van der Waals surface area contributed by atoms with Gasteiger partial charge in [0.05, 0.1) is 20.6 Å². The third kappa shape index (κ3) is 4.14. The largest absolute Gasteiger partial charge is 0.309 e. The fourth-order valence-corrected chi connectivity index (χ4v) is 9.59. The van der Waals surface area contributed by atoms with Crippen molar-refractivity contribution in [2.45, 2.75) is 12.8 Å². The SMILES string of the molecule is C1=C(c2ccccc2)CCC2=C1[SiH2]c1cc(-n3c4ccc(-c5ccccc5)cc4c4cc(-c5ccccc5)ccc43)ccc12. The van der Waals surface area contributed by atoms with E-state index in [9.17, 15) is 0 Å². The number of aromatic nitrogens is 1. The van der Waals surface area contributed by atoms with Crippen molar-refractivity contribution in [3.8, 4) is 27.9 Å². The highest BCUT2D eigenvalue weighted by molar-refractivity contribution is 6.67. The lowest BCUT2D eigenvalue weighted by atomic mass is 9.90. The van der Waals surface area contributed by atoms with Crippen molar-refractivity contribution in [2.75, 3.05) is 0 Å². The molecule has 2 aliphatic rings. The fraction of sp³-hybridized carbons (Fsp3) is 0.0476. The van der Waals surface area contributed by atoms with Crippen molar-refractivity contribution in [1.82, 2.24) is 4.57 Å². The van der Waals surface area contributed by atoms with E-state index in [4.69, 9.17) is 0 Å². The van der Waals surface area contributed by atoms with Crippen LogP contribution in [0.25, 0.3) is 60.9 Å². The molecule has 0 saturated carbocycles. The van der Waals surface area contributed by atoms with Crippen LogP contribution in [0.3, 0.4) is 0 Å². The van der Waals surface area contributed by atoms with Crippen molar-refractivity contribution < 1.29 is 0 Å². The second-order valence-electron chi connectivity index (χ2n) is 12.1. The predicted molar refractivity (Wildman–Crippen MR) is 190 cm³/mol. The summed E-state index contributed by atoms with van der Waals surface area (Å²) in [6, 6.07) is 53.7. The number of hydrogen-bond acceptors (Lipinski definition) is 0. The fourth-order valence-electron chi connectivity index (χ4n) is 7.42. The van der Waals surface area contributed by atoms with Gasteiger partial charge in [-0.25, -0.2) is 0 Å². The Labute approximate surface area is 260 Å². The van der Waals surface area contributed by atoms with Gasteiger partial charge in [-0.05, 0) is 93.8 Å². The zero-order valence-electron chi connectivity index (χ0n) is 24.5. The number of nitrogens with zero attached hydrogens (tertiary/aromatic N) is 1. The van der Waals surface area contributed by atoms with Crippen molar-refractivity contribution in [3.63, 3.8) is 0 Å². The van der Waals surface area contributed by atoms with E-state index in [0.717, 1.165) is 12.8 Å². The van der Waals surface area contributed by atoms with Gasteiger partial charge < -0.3 is 4.57 Å². The molecular formula is C42H31NSi. The quantitative estimate of drug-likeness (QED) is 0.184. The van der Waals surface area contributed by atoms with Crippen LogP contribution in [0.4, 0.5) is 0 Å². The number of allylic oxidation sites excluding steroid dienone is 4. The molecule has 0 N–H and O–H groups in total. The molecule has 0 bridgehead atoms. The monoisotopic (exact) mass is 577 g/mol. The first kappa shape index (κ1) is 25.3. The molecule has 1 aromatic heterocycles. The Kier molecular flexibility index (Phi) is 5.88. The summed E-state index contributed by atoms with van der Waals surface area (Å²) in [6.45, 7) is 0. The minimum atomic E-state index is -0.544. The Bertz CT molecular complexity index is 2180. The molecule has 6 aromatic carbocycles. The lowest BCUT2D eigenvalue weighted by Crippen LogP contribution is -2.14. The average Bonchev–Trinajstić information content (AvgIpc) is 3.63. The Hall–Kier alpha value is -5.18. The number of rotatable bonds is 4. The molecule has 1 nitrogen and oxygen atoms in total. The highest BCUT2D eigenvalue weighted by Crippen LogP contribution is 2.40. The molecule has 7 aromatic rings. The van der Waals surface area contributed by atoms with Crippen molar-refractivity contribution in [3.05, 3.63) is 168 Å². The zero-order valence-corrected chi connectivity index (χ0v) is 25.9. The van der Waals surface area contributed by atoms with Crippen molar-refractivity contribution in [1.29, 1.82) is 0 Å². The third-order valence-corrected chi connectivity index (χ3v) is 11.5. The van der Waals surface area contributed by atoms with E-state index in [1.54, 1.807) is 16.0 Å². The third-order valence-electron chi connectivity index (χ3n) is 9.56. The molecule has 0 atom stereocenters. The molecule has 1 aliphatic heterocycles. The zero-order chi connectivity index (χ0) is 29.0. The van der Waals surface area contributed by atoms with E-state index in [1.807, 2.05) is 0 Å². The molecule has 0 amide bonds. The first-order valence-electron chi connectivity index (χ1n) is 15.6. The maximum Gasteiger partial charge on any atom is 0.0888 e. The molecule has 0 radical (unpaired) electrons. The minimum Gasteiger partial charge on any atom is -0.309 e. The van der Waals surface area contributed by atoms with Gasteiger partial charge in [-0.15, -0.1) is 0 Å². The van der Waals surface area contributed by atoms with E-state index in [0.29, 0.717) is 0 Å². The molecule has 0 fully saturated rings. The summed E-state index contributed by atoms with van der Waals surface area (Å²) in [5, 5.41) is 5.80. The van der Waals surface area contributed by atoms with Crippen LogP contribution in [0.15, 0.2) is 157 Å². The molecule has 0 spiro atoms. The summed E-state index contributed by atoms with van der Waals surface area (Å²) in [5.74, 6) is 0. The Morgan fingerprint density at radius 2 is 1.05 bits per heavy atom. The average molecular weight is 578 g/mol. The minimum absolute atomic E-state index is 0.544. The van der Waals surface area contributed by atoms with E-state index < -0.39 is 9.52 Å². The molecule has 208 valence electrons. The molecule has 0 unspecified atom stereocenters. The van der Waals surface area contributed by atoms with Gasteiger partial charge in [-0.1, -0.05) is 126 Å². The molecule has 0 saturated heterocycles. The predicted octanol–water partition coefficient (Wildman–Crippen LogP) is 9.51. The van der Waals surface area contributed by atoms with Gasteiger partial charge in [0, 0.05) is 16.5 Å². The summed E-state index contributed by atoms with van der Waals surface area (Å²) < 4.78 is 2.49. The molecule has 9 rings (SSSR count). The van der Waals surface area contributed by atoms with E-state index in [2.05, 4.69) is 156 Å².